The Morgan fingerprint density at radius 3 is 2.39 bits per heavy atom. The number of aromatic nitrogens is 1. The summed E-state index contributed by atoms with van der Waals surface area (Å²) >= 11 is 0. The number of ether oxygens (including phenoxy) is 1. The topological polar surface area (TPSA) is 68.3 Å². The molecule has 0 aliphatic rings. The van der Waals surface area contributed by atoms with Crippen LogP contribution in [0.3, 0.4) is 0 Å². The van der Waals surface area contributed by atoms with E-state index in [2.05, 4.69) is 4.98 Å². The van der Waals surface area contributed by atoms with Crippen LogP contribution < -0.4 is 4.72 Å². The number of nitrogens with one attached hydrogen (secondary N) is 1. The van der Waals surface area contributed by atoms with Crippen LogP contribution >= 0.6 is 0 Å². The zero-order valence-corrected chi connectivity index (χ0v) is 16.9. The average molecular weight is 454 g/mol. The minimum absolute atomic E-state index is 0.177. The molecule has 3 aromatic rings. The molecule has 0 spiro atoms. The van der Waals surface area contributed by atoms with Gasteiger partial charge in [0, 0.05) is 11.3 Å². The fourth-order valence-electron chi connectivity index (χ4n) is 2.71. The van der Waals surface area contributed by atoms with E-state index in [9.17, 15) is 26.0 Å². The Morgan fingerprint density at radius 2 is 1.68 bits per heavy atom. The van der Waals surface area contributed by atoms with Gasteiger partial charge in [0.15, 0.2) is 0 Å². The van der Waals surface area contributed by atoms with Crippen LogP contribution in [-0.2, 0) is 27.8 Å². The van der Waals surface area contributed by atoms with Gasteiger partial charge >= 0.3 is 15.5 Å². The molecule has 1 aromatic heterocycles. The van der Waals surface area contributed by atoms with Gasteiger partial charge in [-0.1, -0.05) is 18.2 Å². The van der Waals surface area contributed by atoms with E-state index < -0.39 is 15.5 Å². The number of anilines is 1. The maximum absolute atomic E-state index is 13.1. The predicted octanol–water partition coefficient (Wildman–Crippen LogP) is 4.91. The normalized spacial score (nSPS) is 12.0. The van der Waals surface area contributed by atoms with Crippen LogP contribution in [0.25, 0.3) is 11.3 Å². The van der Waals surface area contributed by atoms with Crippen LogP contribution in [0.5, 0.6) is 0 Å². The third-order valence-electron chi connectivity index (χ3n) is 4.22. The van der Waals surface area contributed by atoms with E-state index in [0.29, 0.717) is 23.4 Å². The fraction of sp³-hybridized carbons (Fsp3) is 0.190. The number of pyridine rings is 1. The lowest BCUT2D eigenvalue weighted by Crippen LogP contribution is -2.29. The van der Waals surface area contributed by atoms with E-state index in [-0.39, 0.29) is 24.7 Å². The Kier molecular flexibility index (Phi) is 6.91. The zero-order valence-electron chi connectivity index (χ0n) is 16.1. The molecule has 0 aliphatic carbocycles. The summed E-state index contributed by atoms with van der Waals surface area (Å²) in [6.45, 7) is 0.452. The molecule has 0 atom stereocenters. The Morgan fingerprint density at radius 1 is 0.968 bits per heavy atom. The molecule has 3 rings (SSSR count). The molecule has 0 aliphatic heterocycles. The summed E-state index contributed by atoms with van der Waals surface area (Å²) in [6, 6.07) is 17.0. The Bertz CT molecular complexity index is 1130. The van der Waals surface area contributed by atoms with Crippen LogP contribution in [0.2, 0.25) is 0 Å². The molecule has 0 radical (unpaired) electrons. The number of benzene rings is 2. The van der Waals surface area contributed by atoms with E-state index in [1.165, 1.54) is 35.1 Å². The van der Waals surface area contributed by atoms with Gasteiger partial charge in [-0.2, -0.15) is 21.6 Å². The standard InChI is InChI=1S/C21H18F4N2O3S/c22-17-9-7-16(8-10-17)20-6-2-5-19(26-20)14-30-12-11-15-3-1-4-18(13-15)27-31(28,29)21(23,24)25/h1-10,13,27H,11-12,14H2. The molecule has 1 heterocycles. The number of halogens is 4. The van der Waals surface area contributed by atoms with Gasteiger partial charge in [-0.3, -0.25) is 9.71 Å². The first-order valence-electron chi connectivity index (χ1n) is 9.12. The Balaban J connectivity index is 1.55. The van der Waals surface area contributed by atoms with Crippen LogP contribution in [0, 0.1) is 5.82 Å². The van der Waals surface area contributed by atoms with Gasteiger partial charge in [0.1, 0.15) is 5.82 Å². The van der Waals surface area contributed by atoms with Crippen molar-refractivity contribution in [2.24, 2.45) is 0 Å². The van der Waals surface area contributed by atoms with E-state index in [0.717, 1.165) is 5.56 Å². The van der Waals surface area contributed by atoms with E-state index >= 15 is 0 Å². The second-order valence-corrected chi connectivity index (χ2v) is 8.25. The number of hydrogen-bond donors (Lipinski definition) is 1. The van der Waals surface area contributed by atoms with Crippen molar-refractivity contribution >= 4 is 15.7 Å². The first-order valence-corrected chi connectivity index (χ1v) is 10.6. The van der Waals surface area contributed by atoms with Crippen LogP contribution in [0.1, 0.15) is 11.3 Å². The first kappa shape index (κ1) is 22.7. The van der Waals surface area contributed by atoms with Crippen molar-refractivity contribution in [2.75, 3.05) is 11.3 Å². The lowest BCUT2D eigenvalue weighted by molar-refractivity contribution is -0.0429. The molecule has 0 saturated heterocycles. The highest BCUT2D eigenvalue weighted by Gasteiger charge is 2.46. The smallest absolute Gasteiger partial charge is 0.375 e. The molecular weight excluding hydrogens is 436 g/mol. The molecule has 2 aromatic carbocycles. The van der Waals surface area contributed by atoms with Crippen molar-refractivity contribution < 1.29 is 30.7 Å². The van der Waals surface area contributed by atoms with Crippen LogP contribution in [0.4, 0.5) is 23.2 Å². The summed E-state index contributed by atoms with van der Waals surface area (Å²) in [7, 11) is -5.47. The van der Waals surface area contributed by atoms with E-state index in [4.69, 9.17) is 4.74 Å². The van der Waals surface area contributed by atoms with Gasteiger partial charge < -0.3 is 4.74 Å². The monoisotopic (exact) mass is 454 g/mol. The second kappa shape index (κ2) is 9.44. The minimum atomic E-state index is -5.47. The van der Waals surface area contributed by atoms with Gasteiger partial charge in [-0.15, -0.1) is 0 Å². The van der Waals surface area contributed by atoms with Gasteiger partial charge in [0.2, 0.25) is 0 Å². The zero-order chi connectivity index (χ0) is 22.5. The molecule has 164 valence electrons. The van der Waals surface area contributed by atoms with Gasteiger partial charge in [0.25, 0.3) is 0 Å². The highest BCUT2D eigenvalue weighted by atomic mass is 32.2. The molecule has 1 N–H and O–H groups in total. The van der Waals surface area contributed by atoms with Crippen molar-refractivity contribution in [1.82, 2.24) is 4.98 Å². The van der Waals surface area contributed by atoms with Crippen molar-refractivity contribution in [3.05, 3.63) is 83.8 Å². The quantitative estimate of drug-likeness (QED) is 0.388. The second-order valence-electron chi connectivity index (χ2n) is 6.58. The number of alkyl halides is 3. The van der Waals surface area contributed by atoms with Crippen molar-refractivity contribution in [2.45, 2.75) is 18.5 Å². The highest BCUT2D eigenvalue weighted by Crippen LogP contribution is 2.25. The summed E-state index contributed by atoms with van der Waals surface area (Å²) in [6.07, 6.45) is 0.360. The SMILES string of the molecule is O=S(=O)(Nc1cccc(CCOCc2cccc(-c3ccc(F)cc3)n2)c1)C(F)(F)F. The number of nitrogens with zero attached hydrogens (tertiary/aromatic N) is 1. The third kappa shape index (κ3) is 6.25. The van der Waals surface area contributed by atoms with Gasteiger partial charge in [0.05, 0.1) is 24.6 Å². The number of hydrogen-bond acceptors (Lipinski definition) is 4. The van der Waals surface area contributed by atoms with Gasteiger partial charge in [-0.05, 0) is 60.5 Å². The molecule has 0 unspecified atom stereocenters. The first-order chi connectivity index (χ1) is 14.6. The molecular formula is C21H18F4N2O3S. The fourth-order valence-corrected chi connectivity index (χ4v) is 3.26. The lowest BCUT2D eigenvalue weighted by atomic mass is 10.1. The van der Waals surface area contributed by atoms with Gasteiger partial charge in [-0.25, -0.2) is 4.39 Å². The van der Waals surface area contributed by atoms with Crippen LogP contribution in [-0.4, -0.2) is 25.5 Å². The summed E-state index contributed by atoms with van der Waals surface area (Å²) in [5.74, 6) is -0.335. The molecule has 10 heteroatoms. The van der Waals surface area contributed by atoms with Crippen molar-refractivity contribution in [3.63, 3.8) is 0 Å². The van der Waals surface area contributed by atoms with Crippen LogP contribution in [0.15, 0.2) is 66.7 Å². The molecule has 0 saturated carbocycles. The lowest BCUT2D eigenvalue weighted by Gasteiger charge is -2.11. The molecule has 5 nitrogen and oxygen atoms in total. The summed E-state index contributed by atoms with van der Waals surface area (Å²) in [4.78, 5) is 4.46. The Labute approximate surface area is 176 Å². The highest BCUT2D eigenvalue weighted by molar-refractivity contribution is 7.93. The predicted molar refractivity (Wildman–Crippen MR) is 108 cm³/mol. The summed E-state index contributed by atoms with van der Waals surface area (Å²) in [5.41, 5.74) is -2.86. The molecule has 31 heavy (non-hydrogen) atoms. The largest absolute Gasteiger partial charge is 0.516 e. The maximum atomic E-state index is 13.1. The average Bonchev–Trinajstić information content (AvgIpc) is 2.71. The summed E-state index contributed by atoms with van der Waals surface area (Å²) < 4.78 is 80.1. The third-order valence-corrected chi connectivity index (χ3v) is 5.33. The number of sulfonamides is 1. The van der Waals surface area contributed by atoms with E-state index in [1.54, 1.807) is 36.4 Å². The maximum Gasteiger partial charge on any atom is 0.516 e. The van der Waals surface area contributed by atoms with Crippen molar-refractivity contribution in [3.8, 4) is 11.3 Å². The molecule has 0 fully saturated rings. The minimum Gasteiger partial charge on any atom is -0.375 e. The Hall–Kier alpha value is -2.98. The molecule has 0 amide bonds. The van der Waals surface area contributed by atoms with E-state index in [1.807, 2.05) is 0 Å². The molecule has 0 bridgehead atoms. The summed E-state index contributed by atoms with van der Waals surface area (Å²) in [5, 5.41) is 0. The van der Waals surface area contributed by atoms with Crippen molar-refractivity contribution in [1.29, 1.82) is 0 Å². The number of rotatable bonds is 8.